The molecule has 4 heterocycles. The number of amides is 1. The van der Waals surface area contributed by atoms with Crippen molar-refractivity contribution < 1.29 is 14.7 Å². The Morgan fingerprint density at radius 2 is 1.70 bits per heavy atom. The third-order valence-electron chi connectivity index (χ3n) is 7.26. The highest BCUT2D eigenvalue weighted by atomic mass is 35.5. The van der Waals surface area contributed by atoms with Gasteiger partial charge in [0.1, 0.15) is 11.9 Å². The van der Waals surface area contributed by atoms with Crippen molar-refractivity contribution in [2.45, 2.75) is 50.7 Å². The number of pyridine rings is 1. The van der Waals surface area contributed by atoms with Gasteiger partial charge >= 0.3 is 5.97 Å². The first-order valence-electron chi connectivity index (χ1n) is 11.7. The summed E-state index contributed by atoms with van der Waals surface area (Å²) in [5, 5.41) is 9.39. The summed E-state index contributed by atoms with van der Waals surface area (Å²) in [4.78, 5) is 35.2. The second-order valence-electron chi connectivity index (χ2n) is 9.11. The first kappa shape index (κ1) is 23.5. The lowest BCUT2D eigenvalue weighted by Crippen LogP contribution is -2.48. The van der Waals surface area contributed by atoms with Gasteiger partial charge in [-0.15, -0.1) is 12.4 Å². The maximum absolute atomic E-state index is 13.0. The Hall–Kier alpha value is -2.64. The van der Waals surface area contributed by atoms with Gasteiger partial charge in [-0.1, -0.05) is 24.3 Å². The third kappa shape index (κ3) is 4.84. The Labute approximate surface area is 200 Å². The molecule has 5 rings (SSSR count). The number of aliphatic carboxylic acids is 1. The average molecular weight is 471 g/mol. The molecule has 0 radical (unpaired) electrons. The van der Waals surface area contributed by atoms with Crippen LogP contribution in [0.15, 0.2) is 42.6 Å². The summed E-state index contributed by atoms with van der Waals surface area (Å²) in [7, 11) is 0. The van der Waals surface area contributed by atoms with Crippen molar-refractivity contribution in [1.82, 2.24) is 14.8 Å². The Kier molecular flexibility index (Phi) is 7.20. The van der Waals surface area contributed by atoms with Crippen LogP contribution in [0.3, 0.4) is 0 Å². The number of nitrogens with zero attached hydrogens (tertiary/aromatic N) is 4. The Balaban J connectivity index is 0.00000259. The molecule has 33 heavy (non-hydrogen) atoms. The van der Waals surface area contributed by atoms with Gasteiger partial charge in [0.25, 0.3) is 5.91 Å². The predicted octanol–water partition coefficient (Wildman–Crippen LogP) is 3.22. The van der Waals surface area contributed by atoms with E-state index >= 15 is 0 Å². The first-order valence-corrected chi connectivity index (χ1v) is 11.7. The summed E-state index contributed by atoms with van der Waals surface area (Å²) < 4.78 is 0. The minimum Gasteiger partial charge on any atom is -0.480 e. The zero-order valence-electron chi connectivity index (χ0n) is 18.7. The maximum Gasteiger partial charge on any atom is 0.326 e. The van der Waals surface area contributed by atoms with E-state index in [1.54, 1.807) is 18.3 Å². The van der Waals surface area contributed by atoms with Gasteiger partial charge < -0.3 is 14.9 Å². The van der Waals surface area contributed by atoms with Crippen LogP contribution in [0.2, 0.25) is 0 Å². The molecule has 0 spiro atoms. The summed E-state index contributed by atoms with van der Waals surface area (Å²) in [6.45, 7) is 4.31. The minimum atomic E-state index is -0.815. The highest BCUT2D eigenvalue weighted by Gasteiger charge is 2.32. The number of carboxylic acids is 1. The van der Waals surface area contributed by atoms with Gasteiger partial charge in [-0.2, -0.15) is 0 Å². The topological polar surface area (TPSA) is 77.0 Å². The fourth-order valence-corrected chi connectivity index (χ4v) is 5.43. The average Bonchev–Trinajstić information content (AvgIpc) is 3.34. The molecule has 0 unspecified atom stereocenters. The number of carbonyl (C=O) groups excluding carboxylic acids is 1. The lowest BCUT2D eigenvalue weighted by molar-refractivity contribution is -0.138. The van der Waals surface area contributed by atoms with E-state index in [0.717, 1.165) is 51.9 Å². The fourth-order valence-electron chi connectivity index (χ4n) is 5.43. The molecule has 0 aliphatic carbocycles. The molecule has 1 aromatic carbocycles. The van der Waals surface area contributed by atoms with E-state index in [0.29, 0.717) is 30.4 Å². The molecule has 1 aromatic heterocycles. The summed E-state index contributed by atoms with van der Waals surface area (Å²) in [6.07, 6.45) is 6.17. The van der Waals surface area contributed by atoms with Gasteiger partial charge in [-0.3, -0.25) is 9.69 Å². The van der Waals surface area contributed by atoms with Crippen LogP contribution in [0, 0.1) is 0 Å². The van der Waals surface area contributed by atoms with E-state index in [9.17, 15) is 14.7 Å². The maximum atomic E-state index is 13.0. The summed E-state index contributed by atoms with van der Waals surface area (Å²) >= 11 is 0. The zero-order valence-corrected chi connectivity index (χ0v) is 19.5. The smallest absolute Gasteiger partial charge is 0.326 e. The molecule has 1 atom stereocenters. The first-order chi connectivity index (χ1) is 15.6. The molecule has 2 aromatic rings. The normalized spacial score (nSPS) is 21.4. The van der Waals surface area contributed by atoms with Crippen molar-refractivity contribution in [1.29, 1.82) is 0 Å². The number of fused-ring (bicyclic) bond motifs is 1. The second-order valence-corrected chi connectivity index (χ2v) is 9.11. The van der Waals surface area contributed by atoms with E-state index < -0.39 is 12.0 Å². The molecular formula is C25H31ClN4O3. The molecular weight excluding hydrogens is 440 g/mol. The second kappa shape index (κ2) is 10.1. The molecule has 8 heteroatoms. The number of anilines is 1. The van der Waals surface area contributed by atoms with Crippen LogP contribution >= 0.6 is 12.4 Å². The summed E-state index contributed by atoms with van der Waals surface area (Å²) in [6, 6.07) is 12.3. The van der Waals surface area contributed by atoms with Crippen LogP contribution in [0.4, 0.5) is 5.82 Å². The number of halogens is 1. The lowest BCUT2D eigenvalue weighted by atomic mass is 9.95. The SMILES string of the molecule is Cl.O=C(O)[C@H]1CCCN1c1ccc(C(=O)N2CCC(N3CCc4ccccc4C3)CC2)cn1. The minimum absolute atomic E-state index is 0. The number of hydrogen-bond donors (Lipinski definition) is 1. The fraction of sp³-hybridized carbons (Fsp3) is 0.480. The molecule has 2 fully saturated rings. The summed E-state index contributed by atoms with van der Waals surface area (Å²) in [5.41, 5.74) is 3.48. The number of aromatic nitrogens is 1. The van der Waals surface area contributed by atoms with E-state index in [2.05, 4.69) is 34.1 Å². The number of carbonyl (C=O) groups is 2. The molecule has 2 saturated heterocycles. The van der Waals surface area contributed by atoms with Gasteiger partial charge in [0, 0.05) is 45.0 Å². The van der Waals surface area contributed by atoms with Crippen LogP contribution in [-0.2, 0) is 17.8 Å². The lowest BCUT2D eigenvalue weighted by Gasteiger charge is -2.40. The largest absolute Gasteiger partial charge is 0.480 e. The van der Waals surface area contributed by atoms with Crippen molar-refractivity contribution in [2.24, 2.45) is 0 Å². The number of carboxylic acid groups (broad SMARTS) is 1. The van der Waals surface area contributed by atoms with Gasteiger partial charge in [-0.25, -0.2) is 9.78 Å². The zero-order chi connectivity index (χ0) is 22.1. The van der Waals surface area contributed by atoms with Gasteiger partial charge in [0.15, 0.2) is 0 Å². The van der Waals surface area contributed by atoms with E-state index in [4.69, 9.17) is 0 Å². The molecule has 176 valence electrons. The Morgan fingerprint density at radius 1 is 0.939 bits per heavy atom. The van der Waals surface area contributed by atoms with Gasteiger partial charge in [0.2, 0.25) is 0 Å². The number of piperidine rings is 1. The standard InChI is InChI=1S/C25H30N4O3.ClH/c30-24(19-7-8-23(26-16-19)29-12-3-6-22(29)25(31)32)27-14-10-21(11-15-27)28-13-9-18-4-1-2-5-20(18)17-28;/h1-2,4-5,7-8,16,21-22H,3,6,9-15,17H2,(H,31,32);1H/t22-;/m1./s1. The van der Waals surface area contributed by atoms with Gasteiger partial charge in [0.05, 0.1) is 5.56 Å². The molecule has 1 N–H and O–H groups in total. The van der Waals surface area contributed by atoms with E-state index in [1.165, 1.54) is 11.1 Å². The van der Waals surface area contributed by atoms with Crippen molar-refractivity contribution in [3.63, 3.8) is 0 Å². The number of benzene rings is 1. The highest BCUT2D eigenvalue weighted by Crippen LogP contribution is 2.27. The number of hydrogen-bond acceptors (Lipinski definition) is 5. The van der Waals surface area contributed by atoms with Crippen molar-refractivity contribution >= 4 is 30.1 Å². The molecule has 1 amide bonds. The Bertz CT molecular complexity index is 991. The monoisotopic (exact) mass is 470 g/mol. The quantitative estimate of drug-likeness (QED) is 0.739. The van der Waals surface area contributed by atoms with Gasteiger partial charge in [-0.05, 0) is 55.4 Å². The number of likely N-dealkylation sites (tertiary alicyclic amines) is 1. The van der Waals surface area contributed by atoms with Crippen molar-refractivity contribution in [3.8, 4) is 0 Å². The van der Waals surface area contributed by atoms with E-state index in [1.807, 2.05) is 9.80 Å². The molecule has 0 saturated carbocycles. The summed E-state index contributed by atoms with van der Waals surface area (Å²) in [5.74, 6) is -0.164. The Morgan fingerprint density at radius 3 is 2.39 bits per heavy atom. The van der Waals surface area contributed by atoms with E-state index in [-0.39, 0.29) is 18.3 Å². The van der Waals surface area contributed by atoms with Crippen LogP contribution in [-0.4, -0.2) is 70.0 Å². The predicted molar refractivity (Wildman–Crippen MR) is 129 cm³/mol. The molecule has 3 aliphatic heterocycles. The molecule has 0 bridgehead atoms. The van der Waals surface area contributed by atoms with Crippen molar-refractivity contribution in [2.75, 3.05) is 31.1 Å². The van der Waals surface area contributed by atoms with Crippen LogP contribution < -0.4 is 4.90 Å². The third-order valence-corrected chi connectivity index (χ3v) is 7.26. The number of rotatable bonds is 4. The van der Waals surface area contributed by atoms with Crippen molar-refractivity contribution in [3.05, 3.63) is 59.3 Å². The van der Waals surface area contributed by atoms with Crippen LogP contribution in [0.1, 0.15) is 47.2 Å². The highest BCUT2D eigenvalue weighted by molar-refractivity contribution is 5.94. The van der Waals surface area contributed by atoms with Crippen LogP contribution in [0.25, 0.3) is 0 Å². The van der Waals surface area contributed by atoms with Crippen LogP contribution in [0.5, 0.6) is 0 Å². The molecule has 3 aliphatic rings. The molecule has 7 nitrogen and oxygen atoms in total.